The fourth-order valence-corrected chi connectivity index (χ4v) is 5.16. The van der Waals surface area contributed by atoms with E-state index >= 15 is 0 Å². The van der Waals surface area contributed by atoms with Crippen molar-refractivity contribution in [3.8, 4) is 23.0 Å². The van der Waals surface area contributed by atoms with Crippen molar-refractivity contribution in [1.82, 2.24) is 20.1 Å². The summed E-state index contributed by atoms with van der Waals surface area (Å²) >= 11 is 1.27. The van der Waals surface area contributed by atoms with Crippen molar-refractivity contribution in [3.05, 3.63) is 54.2 Å². The van der Waals surface area contributed by atoms with Gasteiger partial charge in [0.05, 0.1) is 17.4 Å². The SMILES string of the molecule is O=C(CSc1nnc(-c2c[nH]c3ccccc23)o1)N1CCC[C@@H]1c1ccc2c(c1)OCCO2. The highest BCUT2D eigenvalue weighted by atomic mass is 32.2. The number of hydrogen-bond donors (Lipinski definition) is 1. The number of nitrogens with zero attached hydrogens (tertiary/aromatic N) is 3. The number of carbonyl (C=O) groups excluding carboxylic acids is 1. The Hall–Kier alpha value is -3.46. The molecule has 2 aliphatic rings. The quantitative estimate of drug-likeness (QED) is 0.438. The molecule has 1 N–H and O–H groups in total. The van der Waals surface area contributed by atoms with E-state index in [9.17, 15) is 4.79 Å². The zero-order valence-corrected chi connectivity index (χ0v) is 18.6. The summed E-state index contributed by atoms with van der Waals surface area (Å²) in [5.41, 5.74) is 2.94. The molecule has 4 aromatic rings. The van der Waals surface area contributed by atoms with Crippen LogP contribution in [0.2, 0.25) is 0 Å². The lowest BCUT2D eigenvalue weighted by Crippen LogP contribution is -2.32. The molecule has 8 nitrogen and oxygen atoms in total. The lowest BCUT2D eigenvalue weighted by atomic mass is 10.0. The summed E-state index contributed by atoms with van der Waals surface area (Å²) in [6, 6.07) is 14.0. The second-order valence-electron chi connectivity index (χ2n) is 8.06. The number of nitrogens with one attached hydrogen (secondary N) is 1. The first-order chi connectivity index (χ1) is 16.3. The van der Waals surface area contributed by atoms with Gasteiger partial charge in [0.25, 0.3) is 11.1 Å². The van der Waals surface area contributed by atoms with Crippen LogP contribution in [0.5, 0.6) is 11.5 Å². The number of fused-ring (bicyclic) bond motifs is 2. The van der Waals surface area contributed by atoms with Crippen LogP contribution in [0.4, 0.5) is 0 Å². The molecular weight excluding hydrogens is 440 g/mol. The van der Waals surface area contributed by atoms with Crippen LogP contribution < -0.4 is 9.47 Å². The molecule has 2 aromatic carbocycles. The van der Waals surface area contributed by atoms with Crippen LogP contribution >= 0.6 is 11.8 Å². The third kappa shape index (κ3) is 3.82. The first-order valence-corrected chi connectivity index (χ1v) is 12.0. The summed E-state index contributed by atoms with van der Waals surface area (Å²) in [4.78, 5) is 18.2. The molecule has 2 aromatic heterocycles. The molecule has 9 heteroatoms. The number of ether oxygens (including phenoxy) is 2. The monoisotopic (exact) mass is 462 g/mol. The Bertz CT molecular complexity index is 1320. The number of H-pyrrole nitrogens is 1. The second-order valence-corrected chi connectivity index (χ2v) is 8.98. The van der Waals surface area contributed by atoms with Crippen LogP contribution in [-0.2, 0) is 4.79 Å². The van der Waals surface area contributed by atoms with Gasteiger partial charge in [-0.05, 0) is 36.6 Å². The predicted molar refractivity (Wildman–Crippen MR) is 123 cm³/mol. The smallest absolute Gasteiger partial charge is 0.277 e. The minimum absolute atomic E-state index is 0.0402. The summed E-state index contributed by atoms with van der Waals surface area (Å²) < 4.78 is 17.2. The van der Waals surface area contributed by atoms with E-state index in [0.29, 0.717) is 24.3 Å². The highest BCUT2D eigenvalue weighted by Crippen LogP contribution is 2.38. The number of hydrogen-bond acceptors (Lipinski definition) is 7. The minimum atomic E-state index is 0.0402. The Morgan fingerprint density at radius 1 is 1.12 bits per heavy atom. The molecule has 168 valence electrons. The lowest BCUT2D eigenvalue weighted by molar-refractivity contribution is -0.129. The average Bonchev–Trinajstić information content (AvgIpc) is 3.61. The molecule has 1 atom stereocenters. The third-order valence-corrected chi connectivity index (χ3v) is 6.87. The van der Waals surface area contributed by atoms with Gasteiger partial charge in [0, 0.05) is 23.6 Å². The summed E-state index contributed by atoms with van der Waals surface area (Å²) in [5, 5.41) is 9.72. The fraction of sp³-hybridized carbons (Fsp3) is 0.292. The summed E-state index contributed by atoms with van der Waals surface area (Å²) in [6.45, 7) is 1.85. The van der Waals surface area contributed by atoms with E-state index < -0.39 is 0 Å². The molecule has 0 bridgehead atoms. The van der Waals surface area contributed by atoms with Crippen LogP contribution in [0.25, 0.3) is 22.4 Å². The molecule has 0 saturated carbocycles. The van der Waals surface area contributed by atoms with Gasteiger partial charge in [-0.15, -0.1) is 10.2 Å². The van der Waals surface area contributed by atoms with E-state index in [1.807, 2.05) is 53.6 Å². The maximum Gasteiger partial charge on any atom is 0.277 e. The summed E-state index contributed by atoms with van der Waals surface area (Å²) in [5.74, 6) is 2.26. The molecule has 0 aliphatic carbocycles. The second kappa shape index (κ2) is 8.47. The molecule has 0 unspecified atom stereocenters. The first kappa shape index (κ1) is 20.2. The van der Waals surface area contributed by atoms with Gasteiger partial charge < -0.3 is 23.8 Å². The van der Waals surface area contributed by atoms with Crippen LogP contribution in [0.3, 0.4) is 0 Å². The number of benzene rings is 2. The Morgan fingerprint density at radius 3 is 2.94 bits per heavy atom. The van der Waals surface area contributed by atoms with Crippen molar-refractivity contribution in [2.45, 2.75) is 24.1 Å². The molecule has 4 heterocycles. The summed E-state index contributed by atoms with van der Waals surface area (Å²) in [7, 11) is 0. The minimum Gasteiger partial charge on any atom is -0.486 e. The first-order valence-electron chi connectivity index (χ1n) is 11.0. The molecule has 0 radical (unpaired) electrons. The largest absolute Gasteiger partial charge is 0.486 e. The van der Waals surface area contributed by atoms with Crippen molar-refractivity contribution in [2.24, 2.45) is 0 Å². The zero-order valence-electron chi connectivity index (χ0n) is 17.8. The van der Waals surface area contributed by atoms with Gasteiger partial charge in [0.2, 0.25) is 5.91 Å². The van der Waals surface area contributed by atoms with E-state index in [1.54, 1.807) is 0 Å². The van der Waals surface area contributed by atoms with E-state index in [4.69, 9.17) is 13.9 Å². The maximum atomic E-state index is 13.1. The van der Waals surface area contributed by atoms with Crippen molar-refractivity contribution in [3.63, 3.8) is 0 Å². The number of likely N-dealkylation sites (tertiary alicyclic amines) is 1. The maximum absolute atomic E-state index is 13.1. The molecule has 33 heavy (non-hydrogen) atoms. The Kier molecular flexibility index (Phi) is 5.18. The van der Waals surface area contributed by atoms with E-state index in [1.165, 1.54) is 11.8 Å². The Labute approximate surface area is 194 Å². The molecule has 2 aliphatic heterocycles. The fourth-order valence-electron chi connectivity index (χ4n) is 4.51. The van der Waals surface area contributed by atoms with Gasteiger partial charge in [-0.25, -0.2) is 0 Å². The highest BCUT2D eigenvalue weighted by molar-refractivity contribution is 7.99. The van der Waals surface area contributed by atoms with Gasteiger partial charge in [-0.3, -0.25) is 4.79 Å². The number of para-hydroxylation sites is 1. The third-order valence-electron chi connectivity index (χ3n) is 6.07. The topological polar surface area (TPSA) is 93.5 Å². The number of aromatic amines is 1. The van der Waals surface area contributed by atoms with Crippen LogP contribution in [0.15, 0.2) is 58.3 Å². The van der Waals surface area contributed by atoms with Gasteiger partial charge >= 0.3 is 0 Å². The normalized spacial score (nSPS) is 17.6. The highest BCUT2D eigenvalue weighted by Gasteiger charge is 2.31. The number of thioether (sulfide) groups is 1. The van der Waals surface area contributed by atoms with Gasteiger partial charge in [0.15, 0.2) is 11.5 Å². The number of rotatable bonds is 5. The number of carbonyl (C=O) groups is 1. The van der Waals surface area contributed by atoms with Crippen molar-refractivity contribution in [1.29, 1.82) is 0 Å². The predicted octanol–water partition coefficient (Wildman–Crippen LogP) is 4.44. The zero-order chi connectivity index (χ0) is 22.2. The van der Waals surface area contributed by atoms with Gasteiger partial charge in [-0.1, -0.05) is 36.0 Å². The van der Waals surface area contributed by atoms with Crippen LogP contribution in [-0.4, -0.2) is 51.5 Å². The molecule has 6 rings (SSSR count). The molecular formula is C24H22N4O4S. The van der Waals surface area contributed by atoms with Gasteiger partial charge in [0.1, 0.15) is 13.2 Å². The van der Waals surface area contributed by atoms with E-state index in [0.717, 1.165) is 52.9 Å². The number of amides is 1. The van der Waals surface area contributed by atoms with E-state index in [-0.39, 0.29) is 17.7 Å². The van der Waals surface area contributed by atoms with Gasteiger partial charge in [-0.2, -0.15) is 0 Å². The van der Waals surface area contributed by atoms with Crippen molar-refractivity contribution in [2.75, 3.05) is 25.5 Å². The van der Waals surface area contributed by atoms with Crippen molar-refractivity contribution < 1.29 is 18.7 Å². The molecule has 0 spiro atoms. The molecule has 1 fully saturated rings. The lowest BCUT2D eigenvalue weighted by Gasteiger charge is -2.26. The van der Waals surface area contributed by atoms with E-state index in [2.05, 4.69) is 15.2 Å². The Morgan fingerprint density at radius 2 is 2.00 bits per heavy atom. The molecule has 1 saturated heterocycles. The summed E-state index contributed by atoms with van der Waals surface area (Å²) in [6.07, 6.45) is 3.77. The standard InChI is InChI=1S/C24H22N4O4S/c29-22(28-9-3-6-19(28)15-7-8-20-21(12-15)31-11-10-30-20)14-33-24-27-26-23(32-24)17-13-25-18-5-2-1-4-16(17)18/h1-2,4-5,7-8,12-13,19,25H,3,6,9-11,14H2/t19-/m1/s1. The average molecular weight is 463 g/mol. The van der Waals surface area contributed by atoms with Crippen molar-refractivity contribution >= 4 is 28.6 Å². The van der Waals surface area contributed by atoms with Crippen LogP contribution in [0.1, 0.15) is 24.4 Å². The molecule has 1 amide bonds. The van der Waals surface area contributed by atoms with Crippen LogP contribution in [0, 0.1) is 0 Å². The number of aromatic nitrogens is 3. The Balaban J connectivity index is 1.14.